The molecular formula is C54H86O6. The fourth-order valence-corrected chi connectivity index (χ4v) is 5.96. The molecule has 0 aromatic carbocycles. The van der Waals surface area contributed by atoms with Crippen LogP contribution in [0.3, 0.4) is 0 Å². The van der Waals surface area contributed by atoms with E-state index >= 15 is 0 Å². The summed E-state index contributed by atoms with van der Waals surface area (Å²) in [4.78, 5) is 37.8. The first-order chi connectivity index (χ1) is 29.5. The highest BCUT2D eigenvalue weighted by atomic mass is 16.6. The zero-order chi connectivity index (χ0) is 43.7. The van der Waals surface area contributed by atoms with Crippen LogP contribution in [-0.4, -0.2) is 37.2 Å². The molecular weight excluding hydrogens is 745 g/mol. The van der Waals surface area contributed by atoms with Crippen molar-refractivity contribution in [2.75, 3.05) is 13.2 Å². The van der Waals surface area contributed by atoms with Crippen molar-refractivity contribution in [2.24, 2.45) is 0 Å². The maximum atomic E-state index is 12.7. The van der Waals surface area contributed by atoms with Gasteiger partial charge in [0.15, 0.2) is 6.10 Å². The molecule has 6 heteroatoms. The van der Waals surface area contributed by atoms with Gasteiger partial charge in [-0.25, -0.2) is 0 Å². The van der Waals surface area contributed by atoms with Gasteiger partial charge in [-0.05, 0) is 109 Å². The van der Waals surface area contributed by atoms with Crippen LogP contribution in [-0.2, 0) is 28.6 Å². The Balaban J connectivity index is 4.51. The Labute approximate surface area is 368 Å². The van der Waals surface area contributed by atoms with Gasteiger partial charge >= 0.3 is 17.9 Å². The molecule has 0 aliphatic heterocycles. The molecule has 0 saturated carbocycles. The Morgan fingerprint density at radius 1 is 0.350 bits per heavy atom. The highest BCUT2D eigenvalue weighted by molar-refractivity contribution is 5.71. The molecule has 0 saturated heterocycles. The zero-order valence-electron chi connectivity index (χ0n) is 38.4. The molecule has 1 atom stereocenters. The summed E-state index contributed by atoms with van der Waals surface area (Å²) in [6, 6.07) is 0. The van der Waals surface area contributed by atoms with Gasteiger partial charge in [-0.15, -0.1) is 0 Å². The van der Waals surface area contributed by atoms with Crippen LogP contribution in [0.5, 0.6) is 0 Å². The smallest absolute Gasteiger partial charge is 0.306 e. The third-order valence-electron chi connectivity index (χ3n) is 9.49. The van der Waals surface area contributed by atoms with Crippen molar-refractivity contribution in [3.8, 4) is 0 Å². The maximum Gasteiger partial charge on any atom is 0.306 e. The van der Waals surface area contributed by atoms with Gasteiger partial charge in [-0.3, -0.25) is 14.4 Å². The van der Waals surface area contributed by atoms with E-state index < -0.39 is 6.10 Å². The van der Waals surface area contributed by atoms with Gasteiger partial charge in [0.25, 0.3) is 0 Å². The van der Waals surface area contributed by atoms with E-state index in [0.29, 0.717) is 25.7 Å². The third-order valence-corrected chi connectivity index (χ3v) is 9.49. The Kier molecular flexibility index (Phi) is 44.6. The molecule has 6 nitrogen and oxygen atoms in total. The predicted octanol–water partition coefficient (Wildman–Crippen LogP) is 15.6. The quantitative estimate of drug-likeness (QED) is 0.0264. The number of hydrogen-bond donors (Lipinski definition) is 0. The summed E-state index contributed by atoms with van der Waals surface area (Å²) < 4.78 is 16.6. The fraction of sp³-hybridized carbons (Fsp3) is 0.611. The topological polar surface area (TPSA) is 78.9 Å². The highest BCUT2D eigenvalue weighted by Gasteiger charge is 2.19. The Hall–Kier alpha value is -3.93. The zero-order valence-corrected chi connectivity index (χ0v) is 38.4. The summed E-state index contributed by atoms with van der Waals surface area (Å²) in [5.41, 5.74) is 0. The van der Waals surface area contributed by atoms with E-state index in [0.717, 1.165) is 103 Å². The lowest BCUT2D eigenvalue weighted by molar-refractivity contribution is -0.167. The Morgan fingerprint density at radius 2 is 0.667 bits per heavy atom. The van der Waals surface area contributed by atoms with Crippen molar-refractivity contribution in [3.05, 3.63) is 109 Å². The normalized spacial score (nSPS) is 13.1. The second kappa shape index (κ2) is 47.7. The lowest BCUT2D eigenvalue weighted by atomic mass is 10.1. The average Bonchev–Trinajstić information content (AvgIpc) is 3.24. The summed E-state index contributed by atoms with van der Waals surface area (Å²) in [7, 11) is 0. The van der Waals surface area contributed by atoms with Gasteiger partial charge in [0.2, 0.25) is 0 Å². The van der Waals surface area contributed by atoms with Crippen LogP contribution in [0.25, 0.3) is 0 Å². The van der Waals surface area contributed by atoms with Crippen LogP contribution in [0, 0.1) is 0 Å². The number of rotatable bonds is 41. The van der Waals surface area contributed by atoms with Crippen molar-refractivity contribution in [3.63, 3.8) is 0 Å². The van der Waals surface area contributed by atoms with Gasteiger partial charge in [0, 0.05) is 19.3 Å². The van der Waals surface area contributed by atoms with E-state index in [1.165, 1.54) is 38.5 Å². The molecule has 0 rings (SSSR count). The summed E-state index contributed by atoms with van der Waals surface area (Å²) in [6.07, 6.45) is 63.7. The highest BCUT2D eigenvalue weighted by Crippen LogP contribution is 2.12. The van der Waals surface area contributed by atoms with Crippen molar-refractivity contribution in [1.82, 2.24) is 0 Å². The second-order valence-electron chi connectivity index (χ2n) is 15.2. The van der Waals surface area contributed by atoms with Crippen LogP contribution in [0.4, 0.5) is 0 Å². The first kappa shape index (κ1) is 56.1. The van der Waals surface area contributed by atoms with Crippen molar-refractivity contribution < 1.29 is 28.6 Å². The molecule has 0 N–H and O–H groups in total. The predicted molar refractivity (Wildman–Crippen MR) is 256 cm³/mol. The summed E-state index contributed by atoms with van der Waals surface area (Å²) >= 11 is 0. The lowest BCUT2D eigenvalue weighted by Crippen LogP contribution is -2.30. The van der Waals surface area contributed by atoms with Gasteiger partial charge in [0.1, 0.15) is 13.2 Å². The van der Waals surface area contributed by atoms with E-state index in [-0.39, 0.29) is 37.5 Å². The van der Waals surface area contributed by atoms with Gasteiger partial charge in [-0.1, -0.05) is 175 Å². The summed E-state index contributed by atoms with van der Waals surface area (Å²) in [6.45, 7) is 6.26. The monoisotopic (exact) mass is 831 g/mol. The average molecular weight is 831 g/mol. The van der Waals surface area contributed by atoms with E-state index in [2.05, 4.69) is 130 Å². The SMILES string of the molecule is CC/C=C\C/C=C\C/C=C\C/C=C\C/C=C\CCCC(=O)OCC(COC(=O)CCC/C=C\CCCCCC)OC(=O)CCCCCCCC/C=C\C/C=C\C/C=C\CC. The molecule has 0 aromatic heterocycles. The largest absolute Gasteiger partial charge is 0.462 e. The van der Waals surface area contributed by atoms with Gasteiger partial charge in [0.05, 0.1) is 0 Å². The van der Waals surface area contributed by atoms with Crippen molar-refractivity contribution >= 4 is 17.9 Å². The summed E-state index contributed by atoms with van der Waals surface area (Å²) in [5, 5.41) is 0. The molecule has 0 aliphatic carbocycles. The van der Waals surface area contributed by atoms with Crippen molar-refractivity contribution in [2.45, 2.75) is 200 Å². The standard InChI is InChI=1S/C54H86O6/c1-4-7-10-13-16-19-21-23-25-27-29-30-32-35-38-41-44-47-53(56)59-50-51(49-58-52(55)46-43-40-37-34-18-15-12-9-6-3)60-54(57)48-45-42-39-36-33-31-28-26-24-22-20-17-14-11-8-5-2/h7-8,10-11,16-17,19-20,23-26,29-30,34-35,37-38,51H,4-6,9,12-15,18,21-22,27-28,31-33,36,39-50H2,1-3H3/b10-7-,11-8-,19-16-,20-17-,25-23-,26-24-,30-29-,37-34-,38-35-. The van der Waals surface area contributed by atoms with Crippen LogP contribution in [0.2, 0.25) is 0 Å². The van der Waals surface area contributed by atoms with Gasteiger partial charge in [-0.2, -0.15) is 0 Å². The Bertz CT molecular complexity index is 1280. The van der Waals surface area contributed by atoms with E-state index in [4.69, 9.17) is 14.2 Å². The number of carbonyl (C=O) groups is 3. The molecule has 0 heterocycles. The van der Waals surface area contributed by atoms with E-state index in [1.54, 1.807) is 0 Å². The van der Waals surface area contributed by atoms with Crippen LogP contribution in [0.15, 0.2) is 109 Å². The maximum absolute atomic E-state index is 12.7. The molecule has 0 aromatic rings. The van der Waals surface area contributed by atoms with Gasteiger partial charge < -0.3 is 14.2 Å². The van der Waals surface area contributed by atoms with Crippen LogP contribution >= 0.6 is 0 Å². The molecule has 0 amide bonds. The molecule has 0 radical (unpaired) electrons. The minimum absolute atomic E-state index is 0.119. The number of hydrogen-bond acceptors (Lipinski definition) is 6. The molecule has 338 valence electrons. The molecule has 0 aliphatic rings. The first-order valence-electron chi connectivity index (χ1n) is 23.9. The van der Waals surface area contributed by atoms with E-state index in [1.807, 2.05) is 0 Å². The van der Waals surface area contributed by atoms with E-state index in [9.17, 15) is 14.4 Å². The molecule has 0 fully saturated rings. The second-order valence-corrected chi connectivity index (χ2v) is 15.2. The molecule has 1 unspecified atom stereocenters. The minimum atomic E-state index is -0.819. The minimum Gasteiger partial charge on any atom is -0.462 e. The molecule has 0 spiro atoms. The van der Waals surface area contributed by atoms with Crippen LogP contribution in [0.1, 0.15) is 194 Å². The number of esters is 3. The fourth-order valence-electron chi connectivity index (χ4n) is 5.96. The van der Waals surface area contributed by atoms with Crippen LogP contribution < -0.4 is 0 Å². The number of carbonyl (C=O) groups excluding carboxylic acids is 3. The van der Waals surface area contributed by atoms with Crippen molar-refractivity contribution in [1.29, 1.82) is 0 Å². The molecule has 0 bridgehead atoms. The molecule has 60 heavy (non-hydrogen) atoms. The summed E-state index contributed by atoms with van der Waals surface area (Å²) in [5.74, 6) is -1.03. The number of unbranched alkanes of at least 4 members (excludes halogenated alkanes) is 12. The third kappa shape index (κ3) is 45.2. The first-order valence-corrected chi connectivity index (χ1v) is 23.9. The number of allylic oxidation sites excluding steroid dienone is 18. The number of ether oxygens (including phenoxy) is 3. The lowest BCUT2D eigenvalue weighted by Gasteiger charge is -2.18. The Morgan fingerprint density at radius 3 is 1.08 bits per heavy atom.